The second kappa shape index (κ2) is 9.77. The zero-order valence-electron chi connectivity index (χ0n) is 17.7. The Labute approximate surface area is 182 Å². The number of carbonyl (C=O) groups excluding carboxylic acids is 3. The molecule has 1 aliphatic heterocycles. The van der Waals surface area contributed by atoms with Gasteiger partial charge in [-0.2, -0.15) is 0 Å². The number of nitrogens with one attached hydrogen (secondary N) is 1. The lowest BCUT2D eigenvalue weighted by atomic mass is 10.0. The molecule has 1 fully saturated rings. The third-order valence-corrected chi connectivity index (χ3v) is 5.96. The minimum Gasteiger partial charge on any atom is -0.456 e. The van der Waals surface area contributed by atoms with Crippen LogP contribution in [0.25, 0.3) is 0 Å². The van der Waals surface area contributed by atoms with Crippen LogP contribution < -0.4 is 10.2 Å². The average molecular weight is 421 g/mol. The molecule has 0 saturated carbocycles. The summed E-state index contributed by atoms with van der Waals surface area (Å²) in [5.41, 5.74) is 5.00. The number of hydrogen-bond acceptors (Lipinski definition) is 5. The number of rotatable bonds is 8. The van der Waals surface area contributed by atoms with Gasteiger partial charge in [-0.05, 0) is 73.6 Å². The maximum absolute atomic E-state index is 12.4. The van der Waals surface area contributed by atoms with E-state index in [4.69, 9.17) is 4.74 Å². The highest BCUT2D eigenvalue weighted by atomic mass is 16.5. The molecule has 162 valence electrons. The number of nitrogens with zero attached hydrogens (tertiary/aromatic N) is 1. The summed E-state index contributed by atoms with van der Waals surface area (Å²) in [6, 6.07) is 13.5. The number of benzene rings is 2. The van der Waals surface area contributed by atoms with Gasteiger partial charge >= 0.3 is 5.97 Å². The van der Waals surface area contributed by atoms with Crippen molar-refractivity contribution < 1.29 is 19.1 Å². The zero-order valence-corrected chi connectivity index (χ0v) is 17.7. The van der Waals surface area contributed by atoms with Gasteiger partial charge in [0.1, 0.15) is 0 Å². The molecule has 1 aliphatic carbocycles. The predicted molar refractivity (Wildman–Crippen MR) is 120 cm³/mol. The molecule has 0 unspecified atom stereocenters. The summed E-state index contributed by atoms with van der Waals surface area (Å²) < 4.78 is 5.03. The second-order valence-corrected chi connectivity index (χ2v) is 8.21. The summed E-state index contributed by atoms with van der Waals surface area (Å²) in [6.07, 6.45) is 5.68. The number of ether oxygens (including phenoxy) is 1. The van der Waals surface area contributed by atoms with Crippen LogP contribution >= 0.6 is 0 Å². The molecular formula is C25H28N2O4. The van der Waals surface area contributed by atoms with Crippen LogP contribution in [0.15, 0.2) is 42.5 Å². The molecule has 6 nitrogen and oxygen atoms in total. The van der Waals surface area contributed by atoms with Crippen LogP contribution in [0.2, 0.25) is 0 Å². The van der Waals surface area contributed by atoms with Gasteiger partial charge in [-0.25, -0.2) is 0 Å². The predicted octanol–water partition coefficient (Wildman–Crippen LogP) is 3.92. The molecule has 2 aromatic rings. The largest absolute Gasteiger partial charge is 0.456 e. The minimum absolute atomic E-state index is 0.0340. The Morgan fingerprint density at radius 2 is 1.61 bits per heavy atom. The van der Waals surface area contributed by atoms with Crippen LogP contribution in [0.3, 0.4) is 0 Å². The molecule has 0 aromatic heterocycles. The molecule has 6 heteroatoms. The minimum atomic E-state index is -0.547. The molecule has 4 rings (SSSR count). The van der Waals surface area contributed by atoms with E-state index in [-0.39, 0.29) is 25.2 Å². The second-order valence-electron chi connectivity index (χ2n) is 8.21. The summed E-state index contributed by atoms with van der Waals surface area (Å²) in [4.78, 5) is 38.7. The van der Waals surface area contributed by atoms with Crippen LogP contribution in [-0.2, 0) is 27.2 Å². The fourth-order valence-electron chi connectivity index (χ4n) is 4.25. The van der Waals surface area contributed by atoms with E-state index in [9.17, 15) is 14.4 Å². The van der Waals surface area contributed by atoms with Gasteiger partial charge in [-0.15, -0.1) is 0 Å². The molecule has 1 heterocycles. The molecule has 0 bridgehead atoms. The van der Waals surface area contributed by atoms with E-state index in [2.05, 4.69) is 10.2 Å². The average Bonchev–Trinajstić information content (AvgIpc) is 3.48. The van der Waals surface area contributed by atoms with Crippen molar-refractivity contribution in [1.82, 2.24) is 0 Å². The molecular weight excluding hydrogens is 392 g/mol. The van der Waals surface area contributed by atoms with Gasteiger partial charge in [0.25, 0.3) is 5.91 Å². The maximum Gasteiger partial charge on any atom is 0.306 e. The van der Waals surface area contributed by atoms with Gasteiger partial charge in [-0.3, -0.25) is 14.4 Å². The van der Waals surface area contributed by atoms with Crippen molar-refractivity contribution in [2.24, 2.45) is 0 Å². The number of ketones is 1. The first kappa shape index (κ1) is 21.1. The number of hydrogen-bond donors (Lipinski definition) is 1. The smallest absolute Gasteiger partial charge is 0.306 e. The molecule has 1 saturated heterocycles. The molecule has 31 heavy (non-hydrogen) atoms. The van der Waals surface area contributed by atoms with Crippen molar-refractivity contribution in [2.75, 3.05) is 29.9 Å². The summed E-state index contributed by atoms with van der Waals surface area (Å²) in [5, 5.41) is 2.73. The Kier molecular flexibility index (Phi) is 6.65. The molecule has 0 spiro atoms. The van der Waals surface area contributed by atoms with E-state index in [1.807, 2.05) is 42.5 Å². The molecule has 1 amide bonds. The van der Waals surface area contributed by atoms with Crippen LogP contribution in [0, 0.1) is 0 Å². The number of Topliss-reactive ketones (excluding diaryl/α,β-unsaturated/α-hetero) is 1. The van der Waals surface area contributed by atoms with Gasteiger partial charge < -0.3 is 15.0 Å². The molecule has 2 aromatic carbocycles. The van der Waals surface area contributed by atoms with Crippen molar-refractivity contribution >= 4 is 29.0 Å². The van der Waals surface area contributed by atoms with Crippen molar-refractivity contribution in [3.8, 4) is 0 Å². The third-order valence-electron chi connectivity index (χ3n) is 5.96. The lowest BCUT2D eigenvalue weighted by Gasteiger charge is -2.17. The summed E-state index contributed by atoms with van der Waals surface area (Å²) in [6.45, 7) is 1.77. The number of fused-ring (bicyclic) bond motifs is 1. The molecule has 0 atom stereocenters. The van der Waals surface area contributed by atoms with Gasteiger partial charge in [-0.1, -0.05) is 12.1 Å². The van der Waals surface area contributed by atoms with E-state index < -0.39 is 11.9 Å². The van der Waals surface area contributed by atoms with Gasteiger partial charge in [0.2, 0.25) is 0 Å². The Morgan fingerprint density at radius 1 is 0.871 bits per heavy atom. The third kappa shape index (κ3) is 5.51. The Morgan fingerprint density at radius 3 is 2.39 bits per heavy atom. The highest BCUT2D eigenvalue weighted by molar-refractivity contribution is 5.98. The summed E-state index contributed by atoms with van der Waals surface area (Å²) >= 11 is 0. The van der Waals surface area contributed by atoms with Crippen molar-refractivity contribution in [1.29, 1.82) is 0 Å². The first-order valence-corrected chi connectivity index (χ1v) is 11.0. The highest BCUT2D eigenvalue weighted by Gasteiger charge is 2.16. The zero-order chi connectivity index (χ0) is 21.6. The van der Waals surface area contributed by atoms with Crippen LogP contribution in [0.1, 0.15) is 53.6 Å². The maximum atomic E-state index is 12.4. The van der Waals surface area contributed by atoms with Crippen LogP contribution in [0.4, 0.5) is 11.4 Å². The van der Waals surface area contributed by atoms with Crippen LogP contribution in [-0.4, -0.2) is 37.4 Å². The number of aryl methyl sites for hydroxylation is 2. The Bertz CT molecular complexity index is 962. The van der Waals surface area contributed by atoms with E-state index in [1.165, 1.54) is 24.0 Å². The fraction of sp³-hybridized carbons (Fsp3) is 0.400. The van der Waals surface area contributed by atoms with E-state index >= 15 is 0 Å². The number of anilines is 2. The lowest BCUT2D eigenvalue weighted by Crippen LogP contribution is -2.21. The molecule has 0 radical (unpaired) electrons. The normalized spacial score (nSPS) is 14.9. The van der Waals surface area contributed by atoms with Gasteiger partial charge in [0.15, 0.2) is 12.4 Å². The van der Waals surface area contributed by atoms with Gasteiger partial charge in [0, 0.05) is 36.4 Å². The summed E-state index contributed by atoms with van der Waals surface area (Å²) in [7, 11) is 0. The van der Waals surface area contributed by atoms with Crippen molar-refractivity contribution in [3.63, 3.8) is 0 Å². The molecule has 1 N–H and O–H groups in total. The topological polar surface area (TPSA) is 75.7 Å². The van der Waals surface area contributed by atoms with Gasteiger partial charge in [0.05, 0.1) is 6.42 Å². The highest BCUT2D eigenvalue weighted by Crippen LogP contribution is 2.24. The van der Waals surface area contributed by atoms with E-state index in [0.29, 0.717) is 11.3 Å². The van der Waals surface area contributed by atoms with Crippen molar-refractivity contribution in [2.45, 2.75) is 44.9 Å². The lowest BCUT2D eigenvalue weighted by molar-refractivity contribution is -0.147. The monoisotopic (exact) mass is 420 g/mol. The quantitative estimate of drug-likeness (QED) is 0.517. The number of esters is 1. The fourth-order valence-corrected chi connectivity index (χ4v) is 4.25. The number of amides is 1. The Hall–Kier alpha value is -3.15. The standard InChI is InChI=1S/C25H28N2O4/c28-23(20-7-6-18-4-3-5-19(18)16-20)12-13-25(30)31-17-24(29)26-21-8-10-22(11-9-21)27-14-1-2-15-27/h6-11,16H,1-5,12-15,17H2,(H,26,29). The van der Waals surface area contributed by atoms with Crippen LogP contribution in [0.5, 0.6) is 0 Å². The first-order valence-electron chi connectivity index (χ1n) is 11.0. The van der Waals surface area contributed by atoms with Crippen molar-refractivity contribution in [3.05, 3.63) is 59.2 Å². The SMILES string of the molecule is O=C(COC(=O)CCC(=O)c1ccc2c(c1)CCC2)Nc1ccc(N2CCCC2)cc1. The number of carbonyl (C=O) groups is 3. The molecule has 2 aliphatic rings. The first-order chi connectivity index (χ1) is 15.1. The van der Waals surface area contributed by atoms with E-state index in [1.54, 1.807) is 0 Å². The summed E-state index contributed by atoms with van der Waals surface area (Å²) in [5.74, 6) is -1.02. The van der Waals surface area contributed by atoms with E-state index in [0.717, 1.165) is 38.0 Å². The Balaban J connectivity index is 1.18.